The van der Waals surface area contributed by atoms with Crippen LogP contribution in [0.5, 0.6) is 0 Å². The van der Waals surface area contributed by atoms with Crippen LogP contribution < -0.4 is 5.32 Å². The topological polar surface area (TPSA) is 49.4 Å². The zero-order valence-electron chi connectivity index (χ0n) is 19.1. The molecule has 0 aliphatic heterocycles. The summed E-state index contributed by atoms with van der Waals surface area (Å²) in [6.45, 7) is 3.65. The van der Waals surface area contributed by atoms with Crippen molar-refractivity contribution < 1.29 is 14.0 Å². The lowest BCUT2D eigenvalue weighted by molar-refractivity contribution is -0.141. The quantitative estimate of drug-likeness (QED) is 0.401. The summed E-state index contributed by atoms with van der Waals surface area (Å²) in [4.78, 5) is 28.4. The number of rotatable bonds is 9. The second-order valence-electron chi connectivity index (χ2n) is 8.39. The van der Waals surface area contributed by atoms with Crippen molar-refractivity contribution >= 4 is 35.0 Å². The minimum absolute atomic E-state index is 0.0509. The molecule has 1 atom stereocenters. The fourth-order valence-corrected chi connectivity index (χ4v) is 4.15. The number of amides is 2. The summed E-state index contributed by atoms with van der Waals surface area (Å²) in [6.07, 6.45) is 0.235. The van der Waals surface area contributed by atoms with E-state index in [1.165, 1.54) is 11.0 Å². The Bertz CT molecular complexity index is 1140. The largest absolute Gasteiger partial charge is 0.352 e. The summed E-state index contributed by atoms with van der Waals surface area (Å²) in [5, 5.41) is 3.73. The first-order chi connectivity index (χ1) is 16.2. The Morgan fingerprint density at radius 3 is 2.26 bits per heavy atom. The van der Waals surface area contributed by atoms with Crippen LogP contribution in [0.25, 0.3) is 0 Å². The van der Waals surface area contributed by atoms with Gasteiger partial charge >= 0.3 is 0 Å². The van der Waals surface area contributed by atoms with Crippen LogP contribution in [-0.2, 0) is 29.0 Å². The fourth-order valence-electron chi connectivity index (χ4n) is 3.67. The van der Waals surface area contributed by atoms with Crippen LogP contribution in [0.4, 0.5) is 4.39 Å². The SMILES string of the molecule is CC(C)NC(=O)[C@@H](Cc1ccccc1)N(Cc1ccccc1F)C(=O)Cc1ccc(Cl)cc1Cl. The highest BCUT2D eigenvalue weighted by Crippen LogP contribution is 2.24. The molecule has 3 rings (SSSR count). The molecule has 0 fully saturated rings. The van der Waals surface area contributed by atoms with Gasteiger partial charge in [0.1, 0.15) is 11.9 Å². The monoisotopic (exact) mass is 500 g/mol. The van der Waals surface area contributed by atoms with Crippen molar-refractivity contribution in [1.82, 2.24) is 10.2 Å². The van der Waals surface area contributed by atoms with Crippen LogP contribution in [0.2, 0.25) is 10.0 Å². The van der Waals surface area contributed by atoms with Crippen molar-refractivity contribution in [2.45, 2.75) is 45.3 Å². The Kier molecular flexibility index (Phi) is 9.08. The molecule has 0 aliphatic rings. The molecule has 178 valence electrons. The van der Waals surface area contributed by atoms with E-state index in [0.29, 0.717) is 21.2 Å². The van der Waals surface area contributed by atoms with E-state index in [4.69, 9.17) is 23.2 Å². The van der Waals surface area contributed by atoms with Gasteiger partial charge in [-0.3, -0.25) is 9.59 Å². The Balaban J connectivity index is 2.00. The molecule has 2 amide bonds. The van der Waals surface area contributed by atoms with E-state index in [2.05, 4.69) is 5.32 Å². The minimum atomic E-state index is -0.844. The fraction of sp³-hybridized carbons (Fsp3) is 0.259. The molecule has 0 unspecified atom stereocenters. The van der Waals surface area contributed by atoms with Crippen molar-refractivity contribution in [3.8, 4) is 0 Å². The second-order valence-corrected chi connectivity index (χ2v) is 9.24. The highest BCUT2D eigenvalue weighted by molar-refractivity contribution is 6.35. The first-order valence-corrected chi connectivity index (χ1v) is 11.8. The Labute approximate surface area is 209 Å². The third-order valence-electron chi connectivity index (χ3n) is 5.36. The Hall–Kier alpha value is -2.89. The summed E-state index contributed by atoms with van der Waals surface area (Å²) >= 11 is 12.3. The van der Waals surface area contributed by atoms with Crippen LogP contribution >= 0.6 is 23.2 Å². The molecule has 0 heterocycles. The Morgan fingerprint density at radius 1 is 0.941 bits per heavy atom. The lowest BCUT2D eigenvalue weighted by Gasteiger charge is -2.32. The van der Waals surface area contributed by atoms with Crippen LogP contribution in [0.3, 0.4) is 0 Å². The molecule has 0 aliphatic carbocycles. The van der Waals surface area contributed by atoms with E-state index in [1.54, 1.807) is 36.4 Å². The zero-order chi connectivity index (χ0) is 24.7. The van der Waals surface area contributed by atoms with Gasteiger partial charge in [0.15, 0.2) is 0 Å². The van der Waals surface area contributed by atoms with Gasteiger partial charge in [-0.25, -0.2) is 4.39 Å². The predicted octanol–water partition coefficient (Wildman–Crippen LogP) is 5.84. The van der Waals surface area contributed by atoms with E-state index >= 15 is 0 Å². The first-order valence-electron chi connectivity index (χ1n) is 11.1. The van der Waals surface area contributed by atoms with Crippen molar-refractivity contribution in [2.75, 3.05) is 0 Å². The van der Waals surface area contributed by atoms with E-state index in [-0.39, 0.29) is 37.2 Å². The molecule has 7 heteroatoms. The molecule has 0 spiro atoms. The standard InChI is InChI=1S/C27H27Cl2FN2O2/c1-18(2)31-27(34)25(14-19-8-4-3-5-9-19)32(17-21-10-6-7-11-24(21)30)26(33)15-20-12-13-22(28)16-23(20)29/h3-13,16,18,25H,14-15,17H2,1-2H3,(H,31,34)/t25-/m1/s1. The van der Waals surface area contributed by atoms with Gasteiger partial charge in [-0.2, -0.15) is 0 Å². The van der Waals surface area contributed by atoms with Gasteiger partial charge in [0, 0.05) is 34.6 Å². The number of hydrogen-bond donors (Lipinski definition) is 1. The molecule has 3 aromatic rings. The molecule has 3 aromatic carbocycles. The number of benzene rings is 3. The molecule has 4 nitrogen and oxygen atoms in total. The third-order valence-corrected chi connectivity index (χ3v) is 5.94. The van der Waals surface area contributed by atoms with Gasteiger partial charge in [-0.05, 0) is 43.2 Å². The number of hydrogen-bond acceptors (Lipinski definition) is 2. The van der Waals surface area contributed by atoms with Gasteiger partial charge in [-0.15, -0.1) is 0 Å². The maximum absolute atomic E-state index is 14.6. The van der Waals surface area contributed by atoms with Gasteiger partial charge in [-0.1, -0.05) is 77.8 Å². The van der Waals surface area contributed by atoms with Crippen molar-refractivity contribution in [2.24, 2.45) is 0 Å². The number of nitrogens with zero attached hydrogens (tertiary/aromatic N) is 1. The lowest BCUT2D eigenvalue weighted by Crippen LogP contribution is -2.52. The average Bonchev–Trinajstić information content (AvgIpc) is 2.79. The van der Waals surface area contributed by atoms with Crippen molar-refractivity contribution in [1.29, 1.82) is 0 Å². The zero-order valence-corrected chi connectivity index (χ0v) is 20.6. The van der Waals surface area contributed by atoms with E-state index in [0.717, 1.165) is 5.56 Å². The molecule has 1 N–H and O–H groups in total. The van der Waals surface area contributed by atoms with E-state index in [1.807, 2.05) is 44.2 Å². The molecule has 0 bridgehead atoms. The summed E-state index contributed by atoms with van der Waals surface area (Å²) < 4.78 is 14.6. The maximum Gasteiger partial charge on any atom is 0.243 e. The maximum atomic E-state index is 14.6. The van der Waals surface area contributed by atoms with Crippen LogP contribution in [-0.4, -0.2) is 28.8 Å². The molecule has 0 radical (unpaired) electrons. The normalized spacial score (nSPS) is 11.8. The average molecular weight is 501 g/mol. The summed E-state index contributed by atoms with van der Waals surface area (Å²) in [7, 11) is 0. The number of carbonyl (C=O) groups excluding carboxylic acids is 2. The molecular weight excluding hydrogens is 474 g/mol. The minimum Gasteiger partial charge on any atom is -0.352 e. The summed E-state index contributed by atoms with van der Waals surface area (Å²) in [5.74, 6) is -1.08. The smallest absolute Gasteiger partial charge is 0.243 e. The molecule has 34 heavy (non-hydrogen) atoms. The van der Waals surface area contributed by atoms with Crippen molar-refractivity contribution in [3.63, 3.8) is 0 Å². The molecular formula is C27H27Cl2FN2O2. The van der Waals surface area contributed by atoms with Gasteiger partial charge < -0.3 is 10.2 Å². The van der Waals surface area contributed by atoms with E-state index in [9.17, 15) is 14.0 Å². The van der Waals surface area contributed by atoms with Gasteiger partial charge in [0.05, 0.1) is 6.42 Å². The van der Waals surface area contributed by atoms with E-state index < -0.39 is 11.9 Å². The summed E-state index contributed by atoms with van der Waals surface area (Å²) in [6, 6.07) is 19.6. The van der Waals surface area contributed by atoms with Gasteiger partial charge in [0.25, 0.3) is 0 Å². The predicted molar refractivity (Wildman–Crippen MR) is 134 cm³/mol. The number of carbonyl (C=O) groups is 2. The highest BCUT2D eigenvalue weighted by Gasteiger charge is 2.31. The third kappa shape index (κ3) is 7.05. The van der Waals surface area contributed by atoms with Crippen LogP contribution in [0.1, 0.15) is 30.5 Å². The van der Waals surface area contributed by atoms with Crippen molar-refractivity contribution in [3.05, 3.63) is 105 Å². The molecule has 0 saturated carbocycles. The van der Waals surface area contributed by atoms with Gasteiger partial charge in [0.2, 0.25) is 11.8 Å². The second kappa shape index (κ2) is 12.0. The molecule has 0 saturated heterocycles. The number of halogens is 3. The highest BCUT2D eigenvalue weighted by atomic mass is 35.5. The Morgan fingerprint density at radius 2 is 1.62 bits per heavy atom. The van der Waals surface area contributed by atoms with Crippen LogP contribution in [0.15, 0.2) is 72.8 Å². The summed E-state index contributed by atoms with van der Waals surface area (Å²) in [5.41, 5.74) is 1.80. The van der Waals surface area contributed by atoms with Crippen LogP contribution in [0, 0.1) is 5.82 Å². The molecule has 0 aromatic heterocycles. The first kappa shape index (κ1) is 25.7. The number of nitrogens with one attached hydrogen (secondary N) is 1. The lowest BCUT2D eigenvalue weighted by atomic mass is 10.0.